The van der Waals surface area contributed by atoms with Crippen molar-refractivity contribution < 1.29 is 4.57 Å². The van der Waals surface area contributed by atoms with E-state index in [2.05, 4.69) is 112 Å². The molecule has 0 bridgehead atoms. The van der Waals surface area contributed by atoms with Crippen LogP contribution < -0.4 is 4.57 Å². The van der Waals surface area contributed by atoms with E-state index in [9.17, 15) is 0 Å². The lowest BCUT2D eigenvalue weighted by Gasteiger charge is -2.17. The molecule has 0 saturated heterocycles. The van der Waals surface area contributed by atoms with Crippen LogP contribution in [0.4, 0.5) is 0 Å². The Hall–Kier alpha value is -2.87. The van der Waals surface area contributed by atoms with Gasteiger partial charge in [-0.15, -0.1) is 0 Å². The molecule has 0 spiro atoms. The second-order valence-corrected chi connectivity index (χ2v) is 8.18. The number of rotatable bonds is 3. The highest BCUT2D eigenvalue weighted by atomic mass is 15.0. The molecule has 4 rings (SSSR count). The molecule has 2 nitrogen and oxygen atoms in total. The van der Waals surface area contributed by atoms with E-state index in [0.717, 1.165) is 0 Å². The average molecular weight is 370 g/mol. The van der Waals surface area contributed by atoms with E-state index in [1.54, 1.807) is 0 Å². The lowest BCUT2D eigenvalue weighted by Crippen LogP contribution is -2.32. The molecule has 2 aromatic carbocycles. The van der Waals surface area contributed by atoms with Crippen molar-refractivity contribution in [2.45, 2.75) is 40.5 Å². The fourth-order valence-corrected chi connectivity index (χ4v) is 4.26. The van der Waals surface area contributed by atoms with Gasteiger partial charge in [-0.1, -0.05) is 50.2 Å². The first kappa shape index (κ1) is 18.5. The van der Waals surface area contributed by atoms with E-state index >= 15 is 0 Å². The number of hydrogen-bond donors (Lipinski definition) is 0. The second kappa shape index (κ2) is 6.94. The molecule has 0 unspecified atom stereocenters. The summed E-state index contributed by atoms with van der Waals surface area (Å²) in [5.74, 6) is 0.457. The first-order valence-corrected chi connectivity index (χ1v) is 10.1. The molecule has 2 heterocycles. The van der Waals surface area contributed by atoms with Crippen molar-refractivity contribution in [1.29, 1.82) is 0 Å². The van der Waals surface area contributed by atoms with E-state index in [1.807, 2.05) is 0 Å². The summed E-state index contributed by atoms with van der Waals surface area (Å²) in [5.41, 5.74) is 10.4. The van der Waals surface area contributed by atoms with Crippen LogP contribution >= 0.6 is 0 Å². The number of para-hydroxylation sites is 2. The van der Waals surface area contributed by atoms with Crippen molar-refractivity contribution in [2.75, 3.05) is 0 Å². The first-order chi connectivity index (χ1) is 13.4. The molecule has 0 radical (unpaired) electrons. The lowest BCUT2D eigenvalue weighted by molar-refractivity contribution is -0.661. The minimum atomic E-state index is 0.457. The maximum atomic E-state index is 2.46. The van der Waals surface area contributed by atoms with Crippen molar-refractivity contribution >= 4 is 10.9 Å². The highest BCUT2D eigenvalue weighted by Gasteiger charge is 2.24. The van der Waals surface area contributed by atoms with Crippen molar-refractivity contribution in [3.8, 4) is 17.1 Å². The van der Waals surface area contributed by atoms with Gasteiger partial charge in [0.1, 0.15) is 12.7 Å². The summed E-state index contributed by atoms with van der Waals surface area (Å²) in [4.78, 5) is 0. The Morgan fingerprint density at radius 3 is 2.29 bits per heavy atom. The molecule has 0 amide bonds. The lowest BCUT2D eigenvalue weighted by atomic mass is 10.0. The number of aromatic nitrogens is 2. The van der Waals surface area contributed by atoms with Gasteiger partial charge in [0.2, 0.25) is 5.69 Å². The van der Waals surface area contributed by atoms with Crippen LogP contribution in [0, 0.1) is 20.8 Å². The molecule has 0 aliphatic heterocycles. The SMILES string of the molecule is Cc1cc(-c2c(C)c3ccccc3n2-c2ccccc2C(C)C)[n+](C)cc1C. The van der Waals surface area contributed by atoms with Crippen molar-refractivity contribution in [1.82, 2.24) is 4.57 Å². The summed E-state index contributed by atoms with van der Waals surface area (Å²) in [5, 5.41) is 1.31. The average Bonchev–Trinajstić information content (AvgIpc) is 2.97. The number of pyridine rings is 1. The van der Waals surface area contributed by atoms with E-state index in [1.165, 1.54) is 50.2 Å². The fourth-order valence-electron chi connectivity index (χ4n) is 4.26. The first-order valence-electron chi connectivity index (χ1n) is 10.1. The van der Waals surface area contributed by atoms with Gasteiger partial charge in [0.15, 0.2) is 6.20 Å². The van der Waals surface area contributed by atoms with Gasteiger partial charge < -0.3 is 4.57 Å². The largest absolute Gasteiger partial charge is 0.304 e. The Bertz CT molecular complexity index is 1180. The van der Waals surface area contributed by atoms with E-state index in [4.69, 9.17) is 0 Å². The van der Waals surface area contributed by atoms with Crippen LogP contribution in [0.25, 0.3) is 28.0 Å². The molecule has 0 aliphatic carbocycles. The standard InChI is InChI=1S/C26H29N2/c1-17(2)21-11-7-9-13-23(21)28-24-14-10-8-12-22(24)20(5)26(28)25-15-18(3)19(4)16-27(25)6/h7-17H,1-6H3/q+1. The number of nitrogens with zero attached hydrogens (tertiary/aromatic N) is 2. The molecular weight excluding hydrogens is 340 g/mol. The molecule has 4 aromatic rings. The minimum Gasteiger partial charge on any atom is -0.304 e. The Morgan fingerprint density at radius 2 is 1.54 bits per heavy atom. The van der Waals surface area contributed by atoms with Gasteiger partial charge in [-0.05, 0) is 55.5 Å². The van der Waals surface area contributed by atoms with Gasteiger partial charge in [-0.2, -0.15) is 4.57 Å². The van der Waals surface area contributed by atoms with E-state index in [0.29, 0.717) is 5.92 Å². The molecule has 142 valence electrons. The third-order valence-corrected chi connectivity index (χ3v) is 5.91. The van der Waals surface area contributed by atoms with Gasteiger partial charge in [-0.25, -0.2) is 0 Å². The number of hydrogen-bond acceptors (Lipinski definition) is 0. The van der Waals surface area contributed by atoms with Gasteiger partial charge in [0.25, 0.3) is 0 Å². The molecule has 0 aliphatic rings. The second-order valence-electron chi connectivity index (χ2n) is 8.18. The third kappa shape index (κ3) is 2.84. The Labute approximate surface area is 168 Å². The predicted octanol–water partition coefficient (Wildman–Crippen LogP) is 6.17. The summed E-state index contributed by atoms with van der Waals surface area (Å²) in [7, 11) is 2.15. The Kier molecular flexibility index (Phi) is 4.58. The van der Waals surface area contributed by atoms with Crippen molar-refractivity contribution in [3.05, 3.63) is 83.0 Å². The quantitative estimate of drug-likeness (QED) is 0.382. The Balaban J connectivity index is 2.16. The fraction of sp³-hybridized carbons (Fsp3) is 0.269. The summed E-state index contributed by atoms with van der Waals surface area (Å²) in [6, 6.07) is 19.9. The predicted molar refractivity (Wildman–Crippen MR) is 118 cm³/mol. The van der Waals surface area contributed by atoms with Gasteiger partial charge in [-0.3, -0.25) is 0 Å². The number of fused-ring (bicyclic) bond motifs is 1. The van der Waals surface area contributed by atoms with Crippen LogP contribution in [0.2, 0.25) is 0 Å². The molecule has 2 aromatic heterocycles. The summed E-state index contributed by atoms with van der Waals surface area (Å²) >= 11 is 0. The topological polar surface area (TPSA) is 8.81 Å². The van der Waals surface area contributed by atoms with Crippen molar-refractivity contribution in [3.63, 3.8) is 0 Å². The van der Waals surface area contributed by atoms with Crippen LogP contribution in [0.3, 0.4) is 0 Å². The molecule has 2 heteroatoms. The summed E-state index contributed by atoms with van der Waals surface area (Å²) in [6.45, 7) is 11.2. The molecule has 0 N–H and O–H groups in total. The summed E-state index contributed by atoms with van der Waals surface area (Å²) < 4.78 is 4.72. The zero-order valence-electron chi connectivity index (χ0n) is 17.7. The van der Waals surface area contributed by atoms with Crippen LogP contribution in [-0.2, 0) is 7.05 Å². The summed E-state index contributed by atoms with van der Waals surface area (Å²) in [6.07, 6.45) is 2.24. The maximum absolute atomic E-state index is 2.46. The highest BCUT2D eigenvalue weighted by molar-refractivity contribution is 5.92. The number of benzene rings is 2. The van der Waals surface area contributed by atoms with Crippen LogP contribution in [0.15, 0.2) is 60.8 Å². The molecule has 0 atom stereocenters. The van der Waals surface area contributed by atoms with Crippen molar-refractivity contribution in [2.24, 2.45) is 7.05 Å². The van der Waals surface area contributed by atoms with Gasteiger partial charge >= 0.3 is 0 Å². The highest BCUT2D eigenvalue weighted by Crippen LogP contribution is 2.37. The van der Waals surface area contributed by atoms with Gasteiger partial charge in [0, 0.05) is 22.7 Å². The molecule has 0 saturated carbocycles. The maximum Gasteiger partial charge on any atom is 0.229 e. The third-order valence-electron chi connectivity index (χ3n) is 5.91. The number of aryl methyl sites for hydroxylation is 4. The zero-order valence-corrected chi connectivity index (χ0v) is 17.7. The molecule has 0 fully saturated rings. The normalized spacial score (nSPS) is 11.5. The van der Waals surface area contributed by atoms with Crippen LogP contribution in [0.5, 0.6) is 0 Å². The van der Waals surface area contributed by atoms with E-state index in [-0.39, 0.29) is 0 Å². The van der Waals surface area contributed by atoms with Crippen LogP contribution in [-0.4, -0.2) is 4.57 Å². The molecular formula is C26H29N2+. The zero-order chi connectivity index (χ0) is 20.0. The van der Waals surface area contributed by atoms with E-state index < -0.39 is 0 Å². The smallest absolute Gasteiger partial charge is 0.229 e. The minimum absolute atomic E-state index is 0.457. The molecule has 28 heavy (non-hydrogen) atoms. The monoisotopic (exact) mass is 369 g/mol. The Morgan fingerprint density at radius 1 is 0.857 bits per heavy atom. The van der Waals surface area contributed by atoms with Gasteiger partial charge in [0.05, 0.1) is 5.52 Å². The van der Waals surface area contributed by atoms with Crippen LogP contribution in [0.1, 0.15) is 42.0 Å².